The summed E-state index contributed by atoms with van der Waals surface area (Å²) < 4.78 is 0.698. The molecule has 92 valence electrons. The highest BCUT2D eigenvalue weighted by atomic mass is 79.9. The first kappa shape index (κ1) is 13.7. The summed E-state index contributed by atoms with van der Waals surface area (Å²) in [6, 6.07) is 5.44. The third-order valence-corrected chi connectivity index (χ3v) is 3.05. The molecule has 1 amide bonds. The van der Waals surface area contributed by atoms with Gasteiger partial charge in [0.2, 0.25) is 0 Å². The number of carboxylic acid groups (broad SMARTS) is 1. The van der Waals surface area contributed by atoms with Crippen LogP contribution in [0.5, 0.6) is 0 Å². The maximum Gasteiger partial charge on any atom is 0.308 e. The number of hydrogen-bond acceptors (Lipinski definition) is 2. The van der Waals surface area contributed by atoms with Crippen molar-refractivity contribution in [1.29, 1.82) is 0 Å². The Bertz CT molecular complexity index is 445. The molecule has 5 heteroatoms. The number of carboxylic acids is 1. The first-order valence-electron chi connectivity index (χ1n) is 5.19. The maximum absolute atomic E-state index is 11.8. The lowest BCUT2D eigenvalue weighted by Gasteiger charge is -2.10. The highest BCUT2D eigenvalue weighted by Crippen LogP contribution is 2.17. The zero-order valence-electron chi connectivity index (χ0n) is 9.66. The van der Waals surface area contributed by atoms with Gasteiger partial charge < -0.3 is 10.4 Å². The molecule has 0 aromatic heterocycles. The molecule has 0 aliphatic carbocycles. The molecule has 0 heterocycles. The summed E-state index contributed by atoms with van der Waals surface area (Å²) in [6.45, 7) is 3.56. The van der Waals surface area contributed by atoms with Gasteiger partial charge in [-0.05, 0) is 35.0 Å². The molecular weight excluding hydrogens is 286 g/mol. The Morgan fingerprint density at radius 1 is 1.47 bits per heavy atom. The molecule has 0 aliphatic heterocycles. The Balaban J connectivity index is 2.70. The lowest BCUT2D eigenvalue weighted by molar-refractivity contribution is -0.140. The Hall–Kier alpha value is -1.36. The van der Waals surface area contributed by atoms with Crippen molar-refractivity contribution >= 4 is 27.8 Å². The van der Waals surface area contributed by atoms with Crippen LogP contribution in [0.2, 0.25) is 0 Å². The van der Waals surface area contributed by atoms with Gasteiger partial charge in [-0.15, -0.1) is 0 Å². The summed E-state index contributed by atoms with van der Waals surface area (Å²) in [7, 11) is 0. The molecule has 0 fully saturated rings. The highest BCUT2D eigenvalue weighted by molar-refractivity contribution is 9.10. The Kier molecular flexibility index (Phi) is 4.69. The number of carbonyl (C=O) groups excluding carboxylic acids is 1. The quantitative estimate of drug-likeness (QED) is 0.896. The molecule has 17 heavy (non-hydrogen) atoms. The summed E-state index contributed by atoms with van der Waals surface area (Å²) in [5.41, 5.74) is 1.49. The van der Waals surface area contributed by atoms with E-state index in [0.717, 1.165) is 5.56 Å². The summed E-state index contributed by atoms with van der Waals surface area (Å²) in [5.74, 6) is -1.79. The van der Waals surface area contributed by atoms with Crippen molar-refractivity contribution in [3.8, 4) is 0 Å². The van der Waals surface area contributed by atoms with Gasteiger partial charge in [0.15, 0.2) is 0 Å². The summed E-state index contributed by atoms with van der Waals surface area (Å²) in [5, 5.41) is 11.3. The topological polar surface area (TPSA) is 66.4 Å². The Morgan fingerprint density at radius 2 is 2.12 bits per heavy atom. The molecule has 1 rings (SSSR count). The van der Waals surface area contributed by atoms with Gasteiger partial charge >= 0.3 is 5.97 Å². The van der Waals surface area contributed by atoms with Crippen molar-refractivity contribution in [3.05, 3.63) is 33.8 Å². The number of rotatable bonds is 4. The third-order valence-electron chi connectivity index (χ3n) is 2.36. The first-order valence-corrected chi connectivity index (χ1v) is 5.98. The molecule has 1 aromatic carbocycles. The van der Waals surface area contributed by atoms with Gasteiger partial charge in [-0.2, -0.15) is 0 Å². The minimum atomic E-state index is -0.923. The van der Waals surface area contributed by atoms with Crippen LogP contribution in [-0.2, 0) is 4.79 Å². The van der Waals surface area contributed by atoms with Crippen molar-refractivity contribution in [1.82, 2.24) is 5.32 Å². The van der Waals surface area contributed by atoms with E-state index in [-0.39, 0.29) is 12.5 Å². The van der Waals surface area contributed by atoms with E-state index in [9.17, 15) is 9.59 Å². The van der Waals surface area contributed by atoms with Crippen LogP contribution in [0.4, 0.5) is 0 Å². The minimum Gasteiger partial charge on any atom is -0.481 e. The van der Waals surface area contributed by atoms with Crippen LogP contribution in [-0.4, -0.2) is 23.5 Å². The minimum absolute atomic E-state index is 0.120. The van der Waals surface area contributed by atoms with Gasteiger partial charge in [-0.25, -0.2) is 0 Å². The van der Waals surface area contributed by atoms with E-state index in [0.29, 0.717) is 10.0 Å². The van der Waals surface area contributed by atoms with Gasteiger partial charge in [0.1, 0.15) is 0 Å². The average Bonchev–Trinajstić information content (AvgIpc) is 2.28. The largest absolute Gasteiger partial charge is 0.481 e. The predicted molar refractivity (Wildman–Crippen MR) is 68.0 cm³/mol. The van der Waals surface area contributed by atoms with Crippen molar-refractivity contribution in [3.63, 3.8) is 0 Å². The summed E-state index contributed by atoms with van der Waals surface area (Å²) >= 11 is 3.29. The summed E-state index contributed by atoms with van der Waals surface area (Å²) in [6.07, 6.45) is 0. The van der Waals surface area contributed by atoms with Gasteiger partial charge in [-0.3, -0.25) is 9.59 Å². The number of carbonyl (C=O) groups is 2. The molecule has 0 spiro atoms. The fraction of sp³-hybridized carbons (Fsp3) is 0.333. The van der Waals surface area contributed by atoms with Crippen LogP contribution >= 0.6 is 15.9 Å². The van der Waals surface area contributed by atoms with Crippen molar-refractivity contribution in [2.45, 2.75) is 13.8 Å². The Morgan fingerprint density at radius 3 is 2.71 bits per heavy atom. The second-order valence-corrected chi connectivity index (χ2v) is 4.79. The van der Waals surface area contributed by atoms with Gasteiger partial charge in [-0.1, -0.05) is 18.6 Å². The molecule has 1 aromatic rings. The van der Waals surface area contributed by atoms with E-state index in [4.69, 9.17) is 5.11 Å². The second kappa shape index (κ2) is 5.82. The molecule has 4 nitrogen and oxygen atoms in total. The van der Waals surface area contributed by atoms with E-state index in [1.165, 1.54) is 0 Å². The number of nitrogens with one attached hydrogen (secondary N) is 1. The van der Waals surface area contributed by atoms with E-state index in [2.05, 4.69) is 21.2 Å². The van der Waals surface area contributed by atoms with Crippen LogP contribution in [0.3, 0.4) is 0 Å². The van der Waals surface area contributed by atoms with E-state index in [1.807, 2.05) is 13.0 Å². The smallest absolute Gasteiger partial charge is 0.308 e. The maximum atomic E-state index is 11.8. The molecule has 0 radical (unpaired) electrons. The van der Waals surface area contributed by atoms with Crippen molar-refractivity contribution in [2.24, 2.45) is 5.92 Å². The molecule has 0 saturated heterocycles. The van der Waals surface area contributed by atoms with E-state index < -0.39 is 11.9 Å². The average molecular weight is 300 g/mol. The van der Waals surface area contributed by atoms with Crippen LogP contribution < -0.4 is 5.32 Å². The molecule has 1 unspecified atom stereocenters. The number of hydrogen-bond donors (Lipinski definition) is 2. The number of benzene rings is 1. The number of amides is 1. The molecular formula is C12H14BrNO3. The number of aliphatic carboxylic acids is 1. The fourth-order valence-electron chi connectivity index (χ4n) is 1.24. The lowest BCUT2D eigenvalue weighted by atomic mass is 10.1. The van der Waals surface area contributed by atoms with Crippen molar-refractivity contribution in [2.75, 3.05) is 6.54 Å². The zero-order valence-corrected chi connectivity index (χ0v) is 11.2. The number of aryl methyl sites for hydroxylation is 1. The van der Waals surface area contributed by atoms with Crippen LogP contribution in [0, 0.1) is 12.8 Å². The normalized spacial score (nSPS) is 11.9. The third kappa shape index (κ3) is 3.85. The first-order chi connectivity index (χ1) is 7.91. The Labute approximate surface area is 108 Å². The van der Waals surface area contributed by atoms with Gasteiger partial charge in [0.25, 0.3) is 5.91 Å². The molecule has 2 N–H and O–H groups in total. The number of halogens is 1. The van der Waals surface area contributed by atoms with Crippen LogP contribution in [0.25, 0.3) is 0 Å². The molecule has 0 aliphatic rings. The second-order valence-electron chi connectivity index (χ2n) is 3.93. The van der Waals surface area contributed by atoms with E-state index in [1.54, 1.807) is 19.1 Å². The van der Waals surface area contributed by atoms with Crippen LogP contribution in [0.1, 0.15) is 22.8 Å². The molecule has 0 saturated carbocycles. The SMILES string of the molecule is Cc1ccc(Br)c(C(=O)NCC(C)C(=O)O)c1. The highest BCUT2D eigenvalue weighted by Gasteiger charge is 2.14. The summed E-state index contributed by atoms with van der Waals surface area (Å²) in [4.78, 5) is 22.4. The van der Waals surface area contributed by atoms with Crippen LogP contribution in [0.15, 0.2) is 22.7 Å². The zero-order chi connectivity index (χ0) is 13.0. The lowest BCUT2D eigenvalue weighted by Crippen LogP contribution is -2.31. The standard InChI is InChI=1S/C12H14BrNO3/c1-7-3-4-10(13)9(5-7)11(15)14-6-8(2)12(16)17/h3-5,8H,6H2,1-2H3,(H,14,15)(H,16,17). The van der Waals surface area contributed by atoms with Gasteiger partial charge in [0, 0.05) is 11.0 Å². The molecule has 0 bridgehead atoms. The fourth-order valence-corrected chi connectivity index (χ4v) is 1.67. The predicted octanol–water partition coefficient (Wildman–Crippen LogP) is 2.21. The molecule has 1 atom stereocenters. The monoisotopic (exact) mass is 299 g/mol. The van der Waals surface area contributed by atoms with Gasteiger partial charge in [0.05, 0.1) is 11.5 Å². The van der Waals surface area contributed by atoms with E-state index >= 15 is 0 Å². The van der Waals surface area contributed by atoms with Crippen molar-refractivity contribution < 1.29 is 14.7 Å².